The number of nitrogens with zero attached hydrogens (tertiary/aromatic N) is 4. The first-order valence-corrected chi connectivity index (χ1v) is 9.44. The normalized spacial score (nSPS) is 15.0. The summed E-state index contributed by atoms with van der Waals surface area (Å²) in [5.74, 6) is 0.757. The second-order valence-corrected chi connectivity index (χ2v) is 7.08. The lowest BCUT2D eigenvalue weighted by atomic mass is 10.1. The number of nitrogens with one attached hydrogen (secondary N) is 1. The molecule has 0 aromatic carbocycles. The van der Waals surface area contributed by atoms with E-state index in [1.54, 1.807) is 12.4 Å². The average molecular weight is 353 g/mol. The molecule has 6 nitrogen and oxygen atoms in total. The van der Waals surface area contributed by atoms with Crippen molar-refractivity contribution in [3.63, 3.8) is 0 Å². The summed E-state index contributed by atoms with van der Waals surface area (Å²) in [4.78, 5) is 28.3. The van der Waals surface area contributed by atoms with E-state index >= 15 is 0 Å². The van der Waals surface area contributed by atoms with E-state index in [1.807, 2.05) is 18.2 Å². The van der Waals surface area contributed by atoms with Crippen LogP contribution in [0.1, 0.15) is 67.2 Å². The van der Waals surface area contributed by atoms with Gasteiger partial charge in [0.25, 0.3) is 5.91 Å². The van der Waals surface area contributed by atoms with Crippen molar-refractivity contribution in [2.45, 2.75) is 52.0 Å². The average Bonchev–Trinajstić information content (AvgIpc) is 2.96. The van der Waals surface area contributed by atoms with Crippen molar-refractivity contribution in [2.75, 3.05) is 18.0 Å². The Morgan fingerprint density at radius 3 is 2.62 bits per heavy atom. The molecular formula is C20H27N5O. The van der Waals surface area contributed by atoms with Gasteiger partial charge < -0.3 is 10.2 Å². The fourth-order valence-electron chi connectivity index (χ4n) is 3.05. The molecule has 0 radical (unpaired) electrons. The van der Waals surface area contributed by atoms with Gasteiger partial charge in [0.15, 0.2) is 0 Å². The molecule has 2 aromatic heterocycles. The fraction of sp³-hybridized carbons (Fsp3) is 0.500. The lowest BCUT2D eigenvalue weighted by Crippen LogP contribution is -2.29. The van der Waals surface area contributed by atoms with Crippen LogP contribution < -0.4 is 10.2 Å². The molecule has 1 fully saturated rings. The smallest absolute Gasteiger partial charge is 0.270 e. The zero-order valence-electron chi connectivity index (χ0n) is 15.6. The van der Waals surface area contributed by atoms with Crippen LogP contribution in [0.2, 0.25) is 0 Å². The van der Waals surface area contributed by atoms with Crippen molar-refractivity contribution in [3.8, 4) is 0 Å². The highest BCUT2D eigenvalue weighted by Crippen LogP contribution is 2.20. The number of anilines is 1. The summed E-state index contributed by atoms with van der Waals surface area (Å²) >= 11 is 0. The molecule has 0 saturated carbocycles. The molecule has 138 valence electrons. The number of carbonyl (C=O) groups is 1. The Labute approximate surface area is 155 Å². The van der Waals surface area contributed by atoms with Crippen molar-refractivity contribution in [1.29, 1.82) is 0 Å². The van der Waals surface area contributed by atoms with Crippen LogP contribution in [0.5, 0.6) is 0 Å². The van der Waals surface area contributed by atoms with Crippen LogP contribution in [0.25, 0.3) is 0 Å². The summed E-state index contributed by atoms with van der Waals surface area (Å²) in [6.07, 6.45) is 8.27. The molecule has 2 aromatic rings. The fourth-order valence-corrected chi connectivity index (χ4v) is 3.05. The number of amides is 1. The Morgan fingerprint density at radius 1 is 1.19 bits per heavy atom. The van der Waals surface area contributed by atoms with E-state index in [-0.39, 0.29) is 11.8 Å². The predicted octanol–water partition coefficient (Wildman–Crippen LogP) is 3.31. The maximum atomic E-state index is 12.7. The van der Waals surface area contributed by atoms with Crippen LogP contribution in [-0.4, -0.2) is 33.9 Å². The quantitative estimate of drug-likeness (QED) is 0.893. The Balaban J connectivity index is 1.79. The first kappa shape index (κ1) is 18.3. The Bertz CT molecular complexity index is 724. The standard InChI is InChI=1S/C20H27N5O/c1-15(2)17-12-18(19(26)22-14-16-8-7-9-21-13-16)24-20(23-17)25-10-5-3-4-6-11-25/h7-9,12-13,15H,3-6,10-11,14H2,1-2H3,(H,22,26). The van der Waals surface area contributed by atoms with Gasteiger partial charge in [0, 0.05) is 37.7 Å². The number of aromatic nitrogens is 3. The summed E-state index contributed by atoms with van der Waals surface area (Å²) in [5.41, 5.74) is 2.31. The second-order valence-electron chi connectivity index (χ2n) is 7.08. The largest absolute Gasteiger partial charge is 0.347 e. The van der Waals surface area contributed by atoms with E-state index in [0.717, 1.165) is 37.2 Å². The van der Waals surface area contributed by atoms with Gasteiger partial charge in [-0.25, -0.2) is 9.97 Å². The van der Waals surface area contributed by atoms with Gasteiger partial charge in [0.2, 0.25) is 5.95 Å². The minimum absolute atomic E-state index is 0.172. The van der Waals surface area contributed by atoms with Crippen LogP contribution >= 0.6 is 0 Å². The maximum absolute atomic E-state index is 12.7. The van der Waals surface area contributed by atoms with Gasteiger partial charge in [-0.15, -0.1) is 0 Å². The van der Waals surface area contributed by atoms with Crippen molar-refractivity contribution in [3.05, 3.63) is 47.5 Å². The van der Waals surface area contributed by atoms with Gasteiger partial charge in [-0.1, -0.05) is 32.8 Å². The summed E-state index contributed by atoms with van der Waals surface area (Å²) in [5, 5.41) is 2.94. The van der Waals surface area contributed by atoms with Crippen molar-refractivity contribution >= 4 is 11.9 Å². The molecule has 26 heavy (non-hydrogen) atoms. The Morgan fingerprint density at radius 2 is 1.96 bits per heavy atom. The number of carbonyl (C=O) groups excluding carboxylic acids is 1. The molecule has 0 atom stereocenters. The topological polar surface area (TPSA) is 71.0 Å². The van der Waals surface area contributed by atoms with Crippen LogP contribution in [0, 0.1) is 0 Å². The van der Waals surface area contributed by atoms with Crippen LogP contribution in [0.4, 0.5) is 5.95 Å². The van der Waals surface area contributed by atoms with Crippen LogP contribution in [0.3, 0.4) is 0 Å². The molecule has 6 heteroatoms. The minimum Gasteiger partial charge on any atom is -0.347 e. The number of hydrogen-bond donors (Lipinski definition) is 1. The summed E-state index contributed by atoms with van der Waals surface area (Å²) in [7, 11) is 0. The molecular weight excluding hydrogens is 326 g/mol. The van der Waals surface area contributed by atoms with Gasteiger partial charge in [-0.05, 0) is 36.5 Å². The van der Waals surface area contributed by atoms with Gasteiger partial charge in [-0.3, -0.25) is 9.78 Å². The second kappa shape index (κ2) is 8.74. The molecule has 1 amide bonds. The third-order valence-corrected chi connectivity index (χ3v) is 4.62. The zero-order chi connectivity index (χ0) is 18.4. The molecule has 0 bridgehead atoms. The lowest BCUT2D eigenvalue weighted by Gasteiger charge is -2.22. The monoisotopic (exact) mass is 353 g/mol. The van der Waals surface area contributed by atoms with E-state index in [2.05, 4.69) is 34.0 Å². The highest BCUT2D eigenvalue weighted by Gasteiger charge is 2.18. The maximum Gasteiger partial charge on any atom is 0.270 e. The van der Waals surface area contributed by atoms with E-state index in [1.165, 1.54) is 12.8 Å². The van der Waals surface area contributed by atoms with Gasteiger partial charge in [-0.2, -0.15) is 0 Å². The molecule has 3 heterocycles. The zero-order valence-corrected chi connectivity index (χ0v) is 15.6. The van der Waals surface area contributed by atoms with E-state index in [9.17, 15) is 4.79 Å². The van der Waals surface area contributed by atoms with Crippen molar-refractivity contribution in [1.82, 2.24) is 20.3 Å². The number of pyridine rings is 1. The third-order valence-electron chi connectivity index (χ3n) is 4.62. The van der Waals surface area contributed by atoms with Crippen molar-refractivity contribution < 1.29 is 4.79 Å². The molecule has 1 aliphatic heterocycles. The first-order chi connectivity index (χ1) is 12.6. The van der Waals surface area contributed by atoms with Gasteiger partial charge in [0.1, 0.15) is 5.69 Å². The molecule has 1 N–H and O–H groups in total. The number of hydrogen-bond acceptors (Lipinski definition) is 5. The highest BCUT2D eigenvalue weighted by molar-refractivity contribution is 5.92. The van der Waals surface area contributed by atoms with Crippen LogP contribution in [-0.2, 0) is 6.54 Å². The molecule has 1 saturated heterocycles. The molecule has 3 rings (SSSR count). The predicted molar refractivity (Wildman–Crippen MR) is 102 cm³/mol. The van der Waals surface area contributed by atoms with E-state index in [4.69, 9.17) is 4.98 Å². The van der Waals surface area contributed by atoms with Crippen molar-refractivity contribution in [2.24, 2.45) is 0 Å². The SMILES string of the molecule is CC(C)c1cc(C(=O)NCc2cccnc2)nc(N2CCCCCC2)n1. The third kappa shape index (κ3) is 4.77. The van der Waals surface area contributed by atoms with Crippen LogP contribution in [0.15, 0.2) is 30.6 Å². The van der Waals surface area contributed by atoms with E-state index in [0.29, 0.717) is 18.2 Å². The molecule has 1 aliphatic rings. The molecule has 0 spiro atoms. The van der Waals surface area contributed by atoms with Gasteiger partial charge in [0.05, 0.1) is 0 Å². The number of rotatable bonds is 5. The Kier molecular flexibility index (Phi) is 6.15. The molecule has 0 unspecified atom stereocenters. The van der Waals surface area contributed by atoms with E-state index < -0.39 is 0 Å². The highest BCUT2D eigenvalue weighted by atomic mass is 16.1. The summed E-state index contributed by atoms with van der Waals surface area (Å²) in [6.45, 7) is 6.53. The molecule has 0 aliphatic carbocycles. The minimum atomic E-state index is -0.172. The Hall–Kier alpha value is -2.50. The first-order valence-electron chi connectivity index (χ1n) is 9.44. The van der Waals surface area contributed by atoms with Gasteiger partial charge >= 0.3 is 0 Å². The summed E-state index contributed by atoms with van der Waals surface area (Å²) < 4.78 is 0. The lowest BCUT2D eigenvalue weighted by molar-refractivity contribution is 0.0945. The summed E-state index contributed by atoms with van der Waals surface area (Å²) in [6, 6.07) is 5.61.